The molecule has 1 atom stereocenters. The molecular weight excluding hydrogens is 366 g/mol. The number of hydrogen-bond acceptors (Lipinski definition) is 4. The van der Waals surface area contributed by atoms with Crippen molar-refractivity contribution in [2.45, 2.75) is 52.0 Å². The van der Waals surface area contributed by atoms with Crippen LogP contribution in [0.25, 0.3) is 11.0 Å². The highest BCUT2D eigenvalue weighted by Crippen LogP contribution is 2.30. The van der Waals surface area contributed by atoms with Crippen LogP contribution in [-0.2, 0) is 6.42 Å². The fourth-order valence-corrected chi connectivity index (χ4v) is 3.61. The van der Waals surface area contributed by atoms with Crippen LogP contribution >= 0.6 is 0 Å². The largest absolute Gasteiger partial charge is 0.497 e. The molecule has 0 bridgehead atoms. The van der Waals surface area contributed by atoms with Crippen molar-refractivity contribution in [3.63, 3.8) is 0 Å². The second kappa shape index (κ2) is 9.50. The number of aromatic carboxylic acids is 1. The summed E-state index contributed by atoms with van der Waals surface area (Å²) in [6.07, 6.45) is 5.13. The number of rotatable bonds is 10. The lowest BCUT2D eigenvalue weighted by atomic mass is 10.0. The molecule has 0 aliphatic carbocycles. The molecule has 1 unspecified atom stereocenters. The molecule has 0 radical (unpaired) electrons. The quantitative estimate of drug-likeness (QED) is 0.437. The molecule has 3 rings (SSSR count). The molecule has 0 aliphatic rings. The van der Waals surface area contributed by atoms with E-state index in [1.807, 2.05) is 30.3 Å². The number of fused-ring (bicyclic) bond motifs is 1. The number of carboxylic acids is 1. The Morgan fingerprint density at radius 3 is 2.59 bits per heavy atom. The van der Waals surface area contributed by atoms with E-state index in [0.717, 1.165) is 60.3 Å². The third kappa shape index (κ3) is 5.11. The van der Waals surface area contributed by atoms with Crippen molar-refractivity contribution < 1.29 is 19.1 Å². The van der Waals surface area contributed by atoms with Crippen molar-refractivity contribution in [1.29, 1.82) is 0 Å². The number of carbonyl (C=O) groups is 1. The second-order valence-electron chi connectivity index (χ2n) is 7.42. The van der Waals surface area contributed by atoms with Crippen LogP contribution in [0.2, 0.25) is 0 Å². The summed E-state index contributed by atoms with van der Waals surface area (Å²) < 4.78 is 11.4. The van der Waals surface area contributed by atoms with Crippen LogP contribution in [0, 0.1) is 6.92 Å². The lowest BCUT2D eigenvalue weighted by molar-refractivity contribution is 0.0697. The first-order valence-electron chi connectivity index (χ1n) is 10.2. The molecule has 0 saturated heterocycles. The Hall–Kier alpha value is -2.95. The average Bonchev–Trinajstić information content (AvgIpc) is 3.05. The summed E-state index contributed by atoms with van der Waals surface area (Å²) in [6, 6.07) is 13.1. The van der Waals surface area contributed by atoms with E-state index < -0.39 is 5.97 Å². The minimum atomic E-state index is -0.906. The van der Waals surface area contributed by atoms with Gasteiger partial charge in [-0.25, -0.2) is 4.79 Å². The molecule has 0 amide bonds. The number of methoxy groups -OCH3 is 1. The first-order chi connectivity index (χ1) is 14.0. The molecule has 0 fully saturated rings. The zero-order valence-corrected chi connectivity index (χ0v) is 17.3. The summed E-state index contributed by atoms with van der Waals surface area (Å²) >= 11 is 0. The Balaban J connectivity index is 1.71. The van der Waals surface area contributed by atoms with Crippen molar-refractivity contribution in [3.8, 4) is 5.75 Å². The fraction of sp³-hybridized carbons (Fsp3) is 0.375. The molecule has 0 spiro atoms. The van der Waals surface area contributed by atoms with E-state index in [9.17, 15) is 4.79 Å². The van der Waals surface area contributed by atoms with Gasteiger partial charge in [0.15, 0.2) is 0 Å². The third-order valence-electron chi connectivity index (χ3n) is 5.37. The molecule has 3 aromatic rings. The average molecular weight is 395 g/mol. The number of furan rings is 1. The maximum absolute atomic E-state index is 11.0. The van der Waals surface area contributed by atoms with Gasteiger partial charge in [0.1, 0.15) is 17.1 Å². The van der Waals surface area contributed by atoms with E-state index in [-0.39, 0.29) is 0 Å². The number of unbranched alkanes of at least 4 members (excludes halogenated alkanes) is 1. The molecule has 154 valence electrons. The first kappa shape index (κ1) is 20.8. The summed E-state index contributed by atoms with van der Waals surface area (Å²) in [5, 5.41) is 13.7. The fourth-order valence-electron chi connectivity index (χ4n) is 3.61. The molecular formula is C24H29NO4. The van der Waals surface area contributed by atoms with E-state index in [4.69, 9.17) is 14.3 Å². The van der Waals surface area contributed by atoms with Gasteiger partial charge in [-0.3, -0.25) is 0 Å². The van der Waals surface area contributed by atoms with Crippen LogP contribution in [0.15, 0.2) is 46.9 Å². The van der Waals surface area contributed by atoms with E-state index in [2.05, 4.69) is 19.2 Å². The van der Waals surface area contributed by atoms with Crippen molar-refractivity contribution in [3.05, 3.63) is 59.4 Å². The molecule has 0 saturated carbocycles. The monoisotopic (exact) mass is 395 g/mol. The number of anilines is 1. The van der Waals surface area contributed by atoms with Crippen molar-refractivity contribution in [2.24, 2.45) is 0 Å². The maximum Gasteiger partial charge on any atom is 0.335 e. The normalized spacial score (nSPS) is 12.1. The van der Waals surface area contributed by atoms with E-state index in [0.29, 0.717) is 11.6 Å². The standard InChI is InChI=1S/C24H29NO4/c1-4-5-6-18(25-19-9-7-17(8-10-19)24(26)27)11-13-22-16(2)21-15-20(28-3)12-14-23(21)29-22/h7-10,12,14-15,18,25H,4-6,11,13H2,1-3H3,(H,26,27). The Labute approximate surface area is 171 Å². The molecule has 5 nitrogen and oxygen atoms in total. The van der Waals surface area contributed by atoms with Gasteiger partial charge in [0.2, 0.25) is 0 Å². The van der Waals surface area contributed by atoms with E-state index in [1.54, 1.807) is 19.2 Å². The summed E-state index contributed by atoms with van der Waals surface area (Å²) in [5.41, 5.74) is 3.30. The van der Waals surface area contributed by atoms with Gasteiger partial charge < -0.3 is 19.6 Å². The second-order valence-corrected chi connectivity index (χ2v) is 7.42. The Bertz CT molecular complexity index is 959. The zero-order chi connectivity index (χ0) is 20.8. The van der Waals surface area contributed by atoms with Crippen molar-refractivity contribution in [2.75, 3.05) is 12.4 Å². The molecule has 29 heavy (non-hydrogen) atoms. The smallest absolute Gasteiger partial charge is 0.335 e. The molecule has 5 heteroatoms. The minimum absolute atomic E-state index is 0.299. The lowest BCUT2D eigenvalue weighted by Gasteiger charge is -2.20. The lowest BCUT2D eigenvalue weighted by Crippen LogP contribution is -2.20. The zero-order valence-electron chi connectivity index (χ0n) is 17.3. The van der Waals surface area contributed by atoms with Crippen LogP contribution in [0.3, 0.4) is 0 Å². The predicted molar refractivity (Wildman–Crippen MR) is 116 cm³/mol. The van der Waals surface area contributed by atoms with E-state index in [1.165, 1.54) is 5.56 Å². The van der Waals surface area contributed by atoms with Gasteiger partial charge in [0.05, 0.1) is 12.7 Å². The van der Waals surface area contributed by atoms with Crippen LogP contribution in [0.1, 0.15) is 54.3 Å². The first-order valence-corrected chi connectivity index (χ1v) is 10.2. The van der Waals surface area contributed by atoms with Crippen LogP contribution < -0.4 is 10.1 Å². The SMILES string of the molecule is CCCCC(CCc1oc2ccc(OC)cc2c1C)Nc1ccc(C(=O)O)cc1. The molecule has 1 aromatic heterocycles. The highest BCUT2D eigenvalue weighted by molar-refractivity contribution is 5.88. The Morgan fingerprint density at radius 1 is 1.17 bits per heavy atom. The van der Waals surface area contributed by atoms with Gasteiger partial charge in [-0.05, 0) is 67.8 Å². The number of carboxylic acid groups (broad SMARTS) is 1. The van der Waals surface area contributed by atoms with Gasteiger partial charge in [-0.2, -0.15) is 0 Å². The van der Waals surface area contributed by atoms with Crippen LogP contribution in [0.4, 0.5) is 5.69 Å². The van der Waals surface area contributed by atoms with Crippen LogP contribution in [0.5, 0.6) is 5.75 Å². The highest BCUT2D eigenvalue weighted by atomic mass is 16.5. The van der Waals surface area contributed by atoms with Gasteiger partial charge in [-0.1, -0.05) is 19.8 Å². The Morgan fingerprint density at radius 2 is 1.93 bits per heavy atom. The number of ether oxygens (including phenoxy) is 1. The van der Waals surface area contributed by atoms with Crippen molar-refractivity contribution >= 4 is 22.6 Å². The number of hydrogen-bond donors (Lipinski definition) is 2. The number of aryl methyl sites for hydroxylation is 2. The predicted octanol–water partition coefficient (Wildman–Crippen LogP) is 6.05. The minimum Gasteiger partial charge on any atom is -0.497 e. The highest BCUT2D eigenvalue weighted by Gasteiger charge is 2.15. The van der Waals surface area contributed by atoms with Crippen molar-refractivity contribution in [1.82, 2.24) is 0 Å². The summed E-state index contributed by atoms with van der Waals surface area (Å²) in [4.78, 5) is 11.0. The molecule has 0 aliphatic heterocycles. The molecule has 2 aromatic carbocycles. The maximum atomic E-state index is 11.0. The van der Waals surface area contributed by atoms with Gasteiger partial charge in [0.25, 0.3) is 0 Å². The summed E-state index contributed by atoms with van der Waals surface area (Å²) in [5.74, 6) is 0.939. The summed E-state index contributed by atoms with van der Waals surface area (Å²) in [7, 11) is 1.67. The van der Waals surface area contributed by atoms with Crippen LogP contribution in [-0.4, -0.2) is 24.2 Å². The Kier molecular flexibility index (Phi) is 6.81. The van der Waals surface area contributed by atoms with Gasteiger partial charge in [-0.15, -0.1) is 0 Å². The third-order valence-corrected chi connectivity index (χ3v) is 5.37. The molecule has 2 N–H and O–H groups in total. The topological polar surface area (TPSA) is 71.7 Å². The number of benzene rings is 2. The number of nitrogens with one attached hydrogen (secondary N) is 1. The van der Waals surface area contributed by atoms with Gasteiger partial charge >= 0.3 is 5.97 Å². The van der Waals surface area contributed by atoms with E-state index >= 15 is 0 Å². The molecule has 1 heterocycles. The van der Waals surface area contributed by atoms with Gasteiger partial charge in [0, 0.05) is 23.5 Å². The summed E-state index contributed by atoms with van der Waals surface area (Å²) in [6.45, 7) is 4.29.